The summed E-state index contributed by atoms with van der Waals surface area (Å²) >= 11 is 0. The van der Waals surface area contributed by atoms with Crippen LogP contribution in [0.25, 0.3) is 0 Å². The van der Waals surface area contributed by atoms with Gasteiger partial charge < -0.3 is 4.74 Å². The van der Waals surface area contributed by atoms with Crippen LogP contribution in [-0.4, -0.2) is 6.61 Å². The Kier molecular flexibility index (Phi) is 8.85. The highest BCUT2D eigenvalue weighted by atomic mass is 16.5. The van der Waals surface area contributed by atoms with Crippen LogP contribution in [0.15, 0.2) is 24.3 Å². The fourth-order valence-corrected chi connectivity index (χ4v) is 4.48. The van der Waals surface area contributed by atoms with E-state index in [0.29, 0.717) is 5.92 Å². The molecular formula is C24H40O. The SMILES string of the molecule is CCCCC(CCC)C1CCC(c2ccc(OCC(C)C)cc2)CC1. The number of hydrogen-bond donors (Lipinski definition) is 0. The number of unbranched alkanes of at least 4 members (excludes halogenated alkanes) is 1. The van der Waals surface area contributed by atoms with Crippen LogP contribution >= 0.6 is 0 Å². The van der Waals surface area contributed by atoms with Gasteiger partial charge in [0.05, 0.1) is 6.61 Å². The van der Waals surface area contributed by atoms with Crippen LogP contribution in [0.5, 0.6) is 5.75 Å². The van der Waals surface area contributed by atoms with Gasteiger partial charge in [0.25, 0.3) is 0 Å². The first-order valence-corrected chi connectivity index (χ1v) is 10.9. The standard InChI is InChI=1S/C24H40O/c1-5-7-9-20(8-6-2)21-10-12-22(13-11-21)23-14-16-24(17-15-23)25-18-19(3)4/h14-17,19-22H,5-13,18H2,1-4H3. The average Bonchev–Trinajstić information content (AvgIpc) is 2.64. The van der Waals surface area contributed by atoms with Crippen molar-refractivity contribution in [2.45, 2.75) is 91.4 Å². The van der Waals surface area contributed by atoms with Gasteiger partial charge >= 0.3 is 0 Å². The van der Waals surface area contributed by atoms with E-state index in [9.17, 15) is 0 Å². The van der Waals surface area contributed by atoms with Gasteiger partial charge in [-0.3, -0.25) is 0 Å². The summed E-state index contributed by atoms with van der Waals surface area (Å²) in [6, 6.07) is 8.96. The fraction of sp³-hybridized carbons (Fsp3) is 0.750. The third-order valence-corrected chi connectivity index (χ3v) is 5.96. The molecule has 0 radical (unpaired) electrons. The molecule has 0 saturated heterocycles. The van der Waals surface area contributed by atoms with Crippen molar-refractivity contribution >= 4 is 0 Å². The quantitative estimate of drug-likeness (QED) is 0.424. The Morgan fingerprint density at radius 3 is 2.16 bits per heavy atom. The number of benzene rings is 1. The second kappa shape index (κ2) is 10.9. The van der Waals surface area contributed by atoms with E-state index in [0.717, 1.165) is 30.1 Å². The zero-order chi connectivity index (χ0) is 18.1. The highest BCUT2D eigenvalue weighted by Gasteiger charge is 2.27. The molecule has 0 N–H and O–H groups in total. The highest BCUT2D eigenvalue weighted by molar-refractivity contribution is 5.29. The molecule has 0 heterocycles. The molecule has 1 nitrogen and oxygen atoms in total. The average molecular weight is 345 g/mol. The van der Waals surface area contributed by atoms with Crippen LogP contribution in [0, 0.1) is 17.8 Å². The first kappa shape index (κ1) is 20.3. The van der Waals surface area contributed by atoms with Crippen molar-refractivity contribution in [2.75, 3.05) is 6.61 Å². The molecule has 0 amide bonds. The molecule has 0 bridgehead atoms. The second-order valence-electron chi connectivity index (χ2n) is 8.58. The van der Waals surface area contributed by atoms with E-state index >= 15 is 0 Å². The Hall–Kier alpha value is -0.980. The topological polar surface area (TPSA) is 9.23 Å². The third-order valence-electron chi connectivity index (χ3n) is 5.96. The Labute approximate surface area is 156 Å². The van der Waals surface area contributed by atoms with Crippen molar-refractivity contribution in [3.8, 4) is 5.75 Å². The minimum Gasteiger partial charge on any atom is -0.493 e. The molecule has 1 unspecified atom stereocenters. The maximum absolute atomic E-state index is 5.82. The minimum atomic E-state index is 0.582. The van der Waals surface area contributed by atoms with E-state index in [1.165, 1.54) is 63.4 Å². The van der Waals surface area contributed by atoms with Gasteiger partial charge in [0.1, 0.15) is 5.75 Å². The van der Waals surface area contributed by atoms with Crippen molar-refractivity contribution in [1.82, 2.24) is 0 Å². The lowest BCUT2D eigenvalue weighted by atomic mass is 9.71. The van der Waals surface area contributed by atoms with Crippen LogP contribution < -0.4 is 4.74 Å². The number of hydrogen-bond acceptors (Lipinski definition) is 1. The summed E-state index contributed by atoms with van der Waals surface area (Å²) in [5, 5.41) is 0. The molecule has 1 atom stereocenters. The molecule has 1 aliphatic carbocycles. The van der Waals surface area contributed by atoms with Crippen LogP contribution in [0.4, 0.5) is 0 Å². The Balaban J connectivity index is 1.84. The monoisotopic (exact) mass is 344 g/mol. The van der Waals surface area contributed by atoms with E-state index in [1.54, 1.807) is 0 Å². The smallest absolute Gasteiger partial charge is 0.119 e. The molecule has 1 aliphatic rings. The molecule has 1 heteroatoms. The van der Waals surface area contributed by atoms with Crippen molar-refractivity contribution in [3.05, 3.63) is 29.8 Å². The van der Waals surface area contributed by atoms with Gasteiger partial charge in [-0.15, -0.1) is 0 Å². The minimum absolute atomic E-state index is 0.582. The molecule has 0 aliphatic heterocycles. The Morgan fingerprint density at radius 1 is 0.920 bits per heavy atom. The lowest BCUT2D eigenvalue weighted by Gasteiger charge is -2.34. The molecule has 142 valence electrons. The van der Waals surface area contributed by atoms with Gasteiger partial charge in [0.2, 0.25) is 0 Å². The van der Waals surface area contributed by atoms with Crippen molar-refractivity contribution < 1.29 is 4.74 Å². The normalized spacial score (nSPS) is 22.1. The van der Waals surface area contributed by atoms with Crippen LogP contribution in [-0.2, 0) is 0 Å². The largest absolute Gasteiger partial charge is 0.493 e. The molecule has 2 rings (SSSR count). The summed E-state index contributed by atoms with van der Waals surface area (Å²) in [4.78, 5) is 0. The summed E-state index contributed by atoms with van der Waals surface area (Å²) in [6.07, 6.45) is 12.6. The molecule has 0 spiro atoms. The third kappa shape index (κ3) is 6.68. The highest BCUT2D eigenvalue weighted by Crippen LogP contribution is 2.41. The van der Waals surface area contributed by atoms with E-state index in [4.69, 9.17) is 4.74 Å². The molecular weight excluding hydrogens is 304 g/mol. The van der Waals surface area contributed by atoms with Gasteiger partial charge in [-0.2, -0.15) is 0 Å². The lowest BCUT2D eigenvalue weighted by Crippen LogP contribution is -2.21. The van der Waals surface area contributed by atoms with E-state index in [2.05, 4.69) is 52.0 Å². The molecule has 1 aromatic rings. The van der Waals surface area contributed by atoms with Crippen molar-refractivity contribution in [2.24, 2.45) is 17.8 Å². The first-order chi connectivity index (χ1) is 12.1. The maximum Gasteiger partial charge on any atom is 0.119 e. The van der Waals surface area contributed by atoms with Crippen molar-refractivity contribution in [1.29, 1.82) is 0 Å². The summed E-state index contributed by atoms with van der Waals surface area (Å²) in [5.41, 5.74) is 1.52. The van der Waals surface area contributed by atoms with Gasteiger partial charge in [0.15, 0.2) is 0 Å². The summed E-state index contributed by atoms with van der Waals surface area (Å²) in [5.74, 6) is 4.34. The van der Waals surface area contributed by atoms with Gasteiger partial charge in [-0.25, -0.2) is 0 Å². The first-order valence-electron chi connectivity index (χ1n) is 10.9. The molecule has 1 aromatic carbocycles. The molecule has 0 aromatic heterocycles. The summed E-state index contributed by atoms with van der Waals surface area (Å²) in [7, 11) is 0. The number of rotatable bonds is 10. The van der Waals surface area contributed by atoms with E-state index in [1.807, 2.05) is 0 Å². The van der Waals surface area contributed by atoms with Crippen LogP contribution in [0.1, 0.15) is 97.0 Å². The molecule has 1 saturated carbocycles. The Morgan fingerprint density at radius 2 is 1.60 bits per heavy atom. The van der Waals surface area contributed by atoms with Gasteiger partial charge in [0, 0.05) is 0 Å². The van der Waals surface area contributed by atoms with Gasteiger partial charge in [-0.05, 0) is 67.1 Å². The lowest BCUT2D eigenvalue weighted by molar-refractivity contribution is 0.206. The second-order valence-corrected chi connectivity index (χ2v) is 8.58. The fourth-order valence-electron chi connectivity index (χ4n) is 4.48. The molecule has 25 heavy (non-hydrogen) atoms. The van der Waals surface area contributed by atoms with E-state index < -0.39 is 0 Å². The van der Waals surface area contributed by atoms with Gasteiger partial charge in [-0.1, -0.05) is 71.9 Å². The zero-order valence-corrected chi connectivity index (χ0v) is 17.1. The predicted molar refractivity (Wildman–Crippen MR) is 109 cm³/mol. The maximum atomic E-state index is 5.82. The Bertz CT molecular complexity index is 453. The van der Waals surface area contributed by atoms with E-state index in [-0.39, 0.29) is 0 Å². The molecule has 1 fully saturated rings. The van der Waals surface area contributed by atoms with Crippen molar-refractivity contribution in [3.63, 3.8) is 0 Å². The summed E-state index contributed by atoms with van der Waals surface area (Å²) < 4.78 is 5.82. The summed E-state index contributed by atoms with van der Waals surface area (Å²) in [6.45, 7) is 9.88. The zero-order valence-electron chi connectivity index (χ0n) is 17.1. The predicted octanol–water partition coefficient (Wildman–Crippen LogP) is 7.60. The van der Waals surface area contributed by atoms with Crippen LogP contribution in [0.3, 0.4) is 0 Å². The number of ether oxygens (including phenoxy) is 1. The van der Waals surface area contributed by atoms with Crippen LogP contribution in [0.2, 0.25) is 0 Å².